The van der Waals surface area contributed by atoms with Crippen molar-refractivity contribution in [3.8, 4) is 0 Å². The number of ether oxygens (including phenoxy) is 1. The third-order valence-electron chi connectivity index (χ3n) is 3.44. The fraction of sp³-hybridized carbons (Fsp3) is 0.467. The molecule has 0 aromatic heterocycles. The summed E-state index contributed by atoms with van der Waals surface area (Å²) in [5.41, 5.74) is 2.28. The summed E-state index contributed by atoms with van der Waals surface area (Å²) in [7, 11) is 1.55. The Kier molecular flexibility index (Phi) is 5.30. The van der Waals surface area contributed by atoms with Crippen LogP contribution in [0.5, 0.6) is 0 Å². The van der Waals surface area contributed by atoms with Crippen LogP contribution >= 0.6 is 0 Å². The van der Waals surface area contributed by atoms with Crippen LogP contribution in [0.2, 0.25) is 0 Å². The van der Waals surface area contributed by atoms with Gasteiger partial charge in [-0.05, 0) is 36.6 Å². The number of aliphatic hydroxyl groups excluding tert-OH is 1. The van der Waals surface area contributed by atoms with Gasteiger partial charge in [-0.2, -0.15) is 0 Å². The number of aliphatic hydroxyl groups is 1. The molecule has 114 valence electrons. The van der Waals surface area contributed by atoms with Gasteiger partial charge in [0.2, 0.25) is 5.91 Å². The summed E-state index contributed by atoms with van der Waals surface area (Å²) in [5, 5.41) is 14.6. The molecular weight excluding hydrogens is 272 g/mol. The maximum Gasteiger partial charge on any atom is 0.251 e. The van der Waals surface area contributed by atoms with Crippen LogP contribution in [0, 0.1) is 0 Å². The number of rotatable bonds is 6. The molecule has 0 saturated carbocycles. The molecular formula is C15H20N2O4. The quantitative estimate of drug-likeness (QED) is 0.720. The standard InChI is InChI=1S/C15H20N2O4/c1-21-9-12(6-7-18)16-15(20)11-2-4-13-10(8-11)3-5-14(19)17-13/h2,4,8,12,18H,3,5-7,9H2,1H3,(H,16,20)(H,17,19). The number of nitrogens with one attached hydrogen (secondary N) is 2. The molecule has 1 unspecified atom stereocenters. The average molecular weight is 292 g/mol. The number of fused-ring (bicyclic) bond motifs is 1. The first-order valence-electron chi connectivity index (χ1n) is 6.97. The third-order valence-corrected chi connectivity index (χ3v) is 3.44. The molecule has 2 amide bonds. The van der Waals surface area contributed by atoms with E-state index in [9.17, 15) is 9.59 Å². The lowest BCUT2D eigenvalue weighted by molar-refractivity contribution is -0.116. The highest BCUT2D eigenvalue weighted by atomic mass is 16.5. The number of benzene rings is 1. The number of amides is 2. The zero-order chi connectivity index (χ0) is 15.2. The molecule has 1 atom stereocenters. The Labute approximate surface area is 123 Å². The second-order valence-corrected chi connectivity index (χ2v) is 5.06. The van der Waals surface area contributed by atoms with Crippen LogP contribution in [0.3, 0.4) is 0 Å². The lowest BCUT2D eigenvalue weighted by atomic mass is 10.00. The molecule has 0 spiro atoms. The van der Waals surface area contributed by atoms with Crippen LogP contribution in [0.25, 0.3) is 0 Å². The van der Waals surface area contributed by atoms with E-state index in [0.29, 0.717) is 31.4 Å². The molecule has 21 heavy (non-hydrogen) atoms. The minimum Gasteiger partial charge on any atom is -0.396 e. The highest BCUT2D eigenvalue weighted by Gasteiger charge is 2.18. The Morgan fingerprint density at radius 2 is 2.29 bits per heavy atom. The van der Waals surface area contributed by atoms with Crippen molar-refractivity contribution in [3.05, 3.63) is 29.3 Å². The fourth-order valence-electron chi connectivity index (χ4n) is 2.35. The first kappa shape index (κ1) is 15.5. The second-order valence-electron chi connectivity index (χ2n) is 5.06. The van der Waals surface area contributed by atoms with Crippen LogP contribution in [-0.2, 0) is 16.0 Å². The van der Waals surface area contributed by atoms with E-state index in [4.69, 9.17) is 9.84 Å². The molecule has 2 rings (SSSR count). The molecule has 0 fully saturated rings. The summed E-state index contributed by atoms with van der Waals surface area (Å²) >= 11 is 0. The molecule has 1 aromatic carbocycles. The van der Waals surface area contributed by atoms with E-state index < -0.39 is 0 Å². The van der Waals surface area contributed by atoms with Crippen molar-refractivity contribution in [2.45, 2.75) is 25.3 Å². The van der Waals surface area contributed by atoms with Crippen molar-refractivity contribution in [1.29, 1.82) is 0 Å². The minimum absolute atomic E-state index is 0.00260. The smallest absolute Gasteiger partial charge is 0.251 e. The van der Waals surface area contributed by atoms with E-state index in [1.165, 1.54) is 0 Å². The van der Waals surface area contributed by atoms with Crippen LogP contribution in [-0.4, -0.2) is 43.3 Å². The van der Waals surface area contributed by atoms with Gasteiger partial charge in [0.05, 0.1) is 12.6 Å². The summed E-state index contributed by atoms with van der Waals surface area (Å²) in [6, 6.07) is 5.01. The molecule has 1 aliphatic heterocycles. The first-order valence-corrected chi connectivity index (χ1v) is 6.97. The van der Waals surface area contributed by atoms with Crippen molar-refractivity contribution in [1.82, 2.24) is 5.32 Å². The zero-order valence-corrected chi connectivity index (χ0v) is 12.0. The van der Waals surface area contributed by atoms with Gasteiger partial charge in [-0.25, -0.2) is 0 Å². The van der Waals surface area contributed by atoms with Crippen molar-refractivity contribution in [2.24, 2.45) is 0 Å². The summed E-state index contributed by atoms with van der Waals surface area (Å²) in [6.07, 6.45) is 1.52. The van der Waals surface area contributed by atoms with Gasteiger partial charge in [-0.3, -0.25) is 9.59 Å². The van der Waals surface area contributed by atoms with E-state index in [0.717, 1.165) is 11.3 Å². The molecule has 0 saturated heterocycles. The van der Waals surface area contributed by atoms with Crippen molar-refractivity contribution in [2.75, 3.05) is 25.6 Å². The number of hydrogen-bond donors (Lipinski definition) is 3. The largest absolute Gasteiger partial charge is 0.396 e. The van der Waals surface area contributed by atoms with Crippen LogP contribution < -0.4 is 10.6 Å². The fourth-order valence-corrected chi connectivity index (χ4v) is 2.35. The molecule has 0 aliphatic carbocycles. The van der Waals surface area contributed by atoms with Crippen molar-refractivity contribution >= 4 is 17.5 Å². The molecule has 6 nitrogen and oxygen atoms in total. The normalized spacial score (nSPS) is 15.0. The van der Waals surface area contributed by atoms with E-state index in [1.807, 2.05) is 0 Å². The van der Waals surface area contributed by atoms with Gasteiger partial charge >= 0.3 is 0 Å². The van der Waals surface area contributed by atoms with Crippen LogP contribution in [0.15, 0.2) is 18.2 Å². The average Bonchev–Trinajstić information content (AvgIpc) is 2.47. The summed E-state index contributed by atoms with van der Waals surface area (Å²) < 4.78 is 5.02. The van der Waals surface area contributed by atoms with E-state index in [2.05, 4.69) is 10.6 Å². The van der Waals surface area contributed by atoms with Crippen molar-refractivity contribution < 1.29 is 19.4 Å². The predicted molar refractivity (Wildman–Crippen MR) is 78.2 cm³/mol. The van der Waals surface area contributed by atoms with Gasteiger partial charge in [0, 0.05) is 31.4 Å². The summed E-state index contributed by atoms with van der Waals surface area (Å²) in [5.74, 6) is -0.201. The van der Waals surface area contributed by atoms with Gasteiger partial charge in [0.15, 0.2) is 0 Å². The van der Waals surface area contributed by atoms with Crippen LogP contribution in [0.1, 0.15) is 28.8 Å². The number of carbonyl (C=O) groups is 2. The Hall–Kier alpha value is -1.92. The second kappa shape index (κ2) is 7.19. The van der Waals surface area contributed by atoms with Gasteiger partial charge < -0.3 is 20.5 Å². The number of aryl methyl sites for hydroxylation is 1. The molecule has 6 heteroatoms. The van der Waals surface area contributed by atoms with Crippen molar-refractivity contribution in [3.63, 3.8) is 0 Å². The molecule has 1 heterocycles. The number of anilines is 1. The van der Waals surface area contributed by atoms with Gasteiger partial charge in [0.25, 0.3) is 5.91 Å². The molecule has 3 N–H and O–H groups in total. The lowest BCUT2D eigenvalue weighted by Crippen LogP contribution is -2.38. The maximum absolute atomic E-state index is 12.2. The number of hydrogen-bond acceptors (Lipinski definition) is 4. The predicted octanol–water partition coefficient (Wildman–Crippen LogP) is 0.698. The van der Waals surface area contributed by atoms with E-state index in [1.54, 1.807) is 25.3 Å². The van der Waals surface area contributed by atoms with E-state index in [-0.39, 0.29) is 24.5 Å². The third kappa shape index (κ3) is 4.03. The Bertz CT molecular complexity index is 524. The summed E-state index contributed by atoms with van der Waals surface area (Å²) in [6.45, 7) is 0.345. The molecule has 0 bridgehead atoms. The highest BCUT2D eigenvalue weighted by molar-refractivity contribution is 5.98. The topological polar surface area (TPSA) is 87.7 Å². The number of methoxy groups -OCH3 is 1. The van der Waals surface area contributed by atoms with Crippen LogP contribution in [0.4, 0.5) is 5.69 Å². The SMILES string of the molecule is COCC(CCO)NC(=O)c1ccc2c(c1)CCC(=O)N2. The minimum atomic E-state index is -0.219. The summed E-state index contributed by atoms with van der Waals surface area (Å²) in [4.78, 5) is 23.5. The Morgan fingerprint density at radius 1 is 1.48 bits per heavy atom. The number of carbonyl (C=O) groups excluding carboxylic acids is 2. The molecule has 1 aromatic rings. The zero-order valence-electron chi connectivity index (χ0n) is 12.0. The molecule has 1 aliphatic rings. The Morgan fingerprint density at radius 3 is 3.00 bits per heavy atom. The van der Waals surface area contributed by atoms with E-state index >= 15 is 0 Å². The van der Waals surface area contributed by atoms with Gasteiger partial charge in [-0.1, -0.05) is 0 Å². The Balaban J connectivity index is 2.07. The van der Waals surface area contributed by atoms with Gasteiger partial charge in [-0.15, -0.1) is 0 Å². The van der Waals surface area contributed by atoms with Gasteiger partial charge in [0.1, 0.15) is 0 Å². The monoisotopic (exact) mass is 292 g/mol. The molecule has 0 radical (unpaired) electrons. The highest BCUT2D eigenvalue weighted by Crippen LogP contribution is 2.23. The lowest BCUT2D eigenvalue weighted by Gasteiger charge is -2.19. The first-order chi connectivity index (χ1) is 10.1. The maximum atomic E-state index is 12.2.